The Balaban J connectivity index is 1.98. The second-order valence-corrected chi connectivity index (χ2v) is 7.64. The average Bonchev–Trinajstić information content (AvgIpc) is 2.37. The minimum absolute atomic E-state index is 0.518. The Morgan fingerprint density at radius 2 is 1.42 bits per heavy atom. The Hall–Kier alpha value is -0.0400. The predicted molar refractivity (Wildman–Crippen MR) is 86.6 cm³/mol. The molecule has 1 aliphatic rings. The van der Waals surface area contributed by atoms with Crippen LogP contribution in [0, 0.1) is 11.3 Å². The van der Waals surface area contributed by atoms with Crippen molar-refractivity contribution in [1.82, 2.24) is 5.32 Å². The van der Waals surface area contributed by atoms with Crippen LogP contribution in [0.5, 0.6) is 0 Å². The van der Waals surface area contributed by atoms with E-state index >= 15 is 0 Å². The van der Waals surface area contributed by atoms with Crippen molar-refractivity contribution in [2.45, 2.75) is 97.9 Å². The van der Waals surface area contributed by atoms with Crippen LogP contribution in [0.3, 0.4) is 0 Å². The normalized spacial score (nSPS) is 24.6. The van der Waals surface area contributed by atoms with Gasteiger partial charge in [0.15, 0.2) is 0 Å². The van der Waals surface area contributed by atoms with Gasteiger partial charge in [-0.2, -0.15) is 0 Å². The summed E-state index contributed by atoms with van der Waals surface area (Å²) in [5.41, 5.74) is 0.518. The van der Waals surface area contributed by atoms with Gasteiger partial charge in [0.2, 0.25) is 0 Å². The van der Waals surface area contributed by atoms with Gasteiger partial charge in [-0.3, -0.25) is 0 Å². The van der Waals surface area contributed by atoms with Gasteiger partial charge in [0.1, 0.15) is 0 Å². The van der Waals surface area contributed by atoms with Gasteiger partial charge in [-0.15, -0.1) is 0 Å². The first-order chi connectivity index (χ1) is 9.04. The van der Waals surface area contributed by atoms with Crippen LogP contribution >= 0.6 is 0 Å². The van der Waals surface area contributed by atoms with E-state index in [9.17, 15) is 0 Å². The molecule has 0 amide bonds. The molecule has 1 heteroatoms. The first kappa shape index (κ1) is 17.0. The molecule has 1 fully saturated rings. The van der Waals surface area contributed by atoms with E-state index in [0.29, 0.717) is 5.41 Å². The number of rotatable bonds is 8. The van der Waals surface area contributed by atoms with Crippen molar-refractivity contribution in [1.29, 1.82) is 0 Å². The van der Waals surface area contributed by atoms with Crippen LogP contribution in [-0.4, -0.2) is 12.6 Å². The van der Waals surface area contributed by atoms with Crippen molar-refractivity contribution in [3.8, 4) is 0 Å². The van der Waals surface area contributed by atoms with E-state index in [-0.39, 0.29) is 0 Å². The molecule has 0 radical (unpaired) electrons. The first-order valence-electron chi connectivity index (χ1n) is 8.77. The zero-order valence-electron chi connectivity index (χ0n) is 13.9. The fraction of sp³-hybridized carbons (Fsp3) is 1.00. The summed E-state index contributed by atoms with van der Waals surface area (Å²) >= 11 is 0. The van der Waals surface area contributed by atoms with Gasteiger partial charge in [0.25, 0.3) is 0 Å². The van der Waals surface area contributed by atoms with Crippen LogP contribution in [0.15, 0.2) is 0 Å². The lowest BCUT2D eigenvalue weighted by atomic mass is 9.71. The summed E-state index contributed by atoms with van der Waals surface area (Å²) < 4.78 is 0. The highest BCUT2D eigenvalue weighted by Crippen LogP contribution is 2.37. The SMILES string of the molecule is CCCCCCCCNC1CCC(C(C)(C)C)CC1. The minimum Gasteiger partial charge on any atom is -0.314 e. The standard InChI is InChI=1S/C18H37N/c1-5-6-7-8-9-10-15-19-17-13-11-16(12-14-17)18(2,3)4/h16-17,19H,5-15H2,1-4H3. The van der Waals surface area contributed by atoms with Gasteiger partial charge < -0.3 is 5.32 Å². The van der Waals surface area contributed by atoms with Crippen LogP contribution in [0.25, 0.3) is 0 Å². The van der Waals surface area contributed by atoms with Gasteiger partial charge in [-0.05, 0) is 50.0 Å². The molecule has 0 spiro atoms. The molecule has 0 aromatic rings. The smallest absolute Gasteiger partial charge is 0.00672 e. The van der Waals surface area contributed by atoms with E-state index < -0.39 is 0 Å². The summed E-state index contributed by atoms with van der Waals surface area (Å²) in [6, 6.07) is 0.814. The van der Waals surface area contributed by atoms with Crippen molar-refractivity contribution in [2.75, 3.05) is 6.54 Å². The molecule has 1 saturated carbocycles. The van der Waals surface area contributed by atoms with Crippen molar-refractivity contribution >= 4 is 0 Å². The average molecular weight is 268 g/mol. The zero-order chi connectivity index (χ0) is 14.1. The summed E-state index contributed by atoms with van der Waals surface area (Å²) in [6.45, 7) is 10.7. The number of unbranched alkanes of at least 4 members (excludes halogenated alkanes) is 5. The highest BCUT2D eigenvalue weighted by molar-refractivity contribution is 4.83. The molecule has 114 valence electrons. The quantitative estimate of drug-likeness (QED) is 0.569. The Bertz CT molecular complexity index is 208. The maximum absolute atomic E-state index is 3.78. The Kier molecular flexibility index (Phi) is 8.06. The van der Waals surface area contributed by atoms with Gasteiger partial charge in [-0.25, -0.2) is 0 Å². The van der Waals surface area contributed by atoms with Crippen LogP contribution in [-0.2, 0) is 0 Å². The number of nitrogens with one attached hydrogen (secondary N) is 1. The molecule has 1 nitrogen and oxygen atoms in total. The van der Waals surface area contributed by atoms with Crippen LogP contribution in [0.4, 0.5) is 0 Å². The highest BCUT2D eigenvalue weighted by atomic mass is 14.9. The fourth-order valence-corrected chi connectivity index (χ4v) is 3.38. The molecule has 0 heterocycles. The molecule has 1 rings (SSSR count). The molecule has 0 aromatic heterocycles. The molecular weight excluding hydrogens is 230 g/mol. The molecule has 0 atom stereocenters. The van der Waals surface area contributed by atoms with Gasteiger partial charge in [-0.1, -0.05) is 59.8 Å². The Morgan fingerprint density at radius 3 is 2.00 bits per heavy atom. The fourth-order valence-electron chi connectivity index (χ4n) is 3.38. The second kappa shape index (κ2) is 9.00. The Morgan fingerprint density at radius 1 is 0.842 bits per heavy atom. The van der Waals surface area contributed by atoms with E-state index in [1.807, 2.05) is 0 Å². The zero-order valence-corrected chi connectivity index (χ0v) is 13.9. The third kappa shape index (κ3) is 7.34. The summed E-state index contributed by atoms with van der Waals surface area (Å²) in [5.74, 6) is 0.944. The largest absolute Gasteiger partial charge is 0.314 e. The topological polar surface area (TPSA) is 12.0 Å². The maximum atomic E-state index is 3.78. The lowest BCUT2D eigenvalue weighted by Crippen LogP contribution is -2.36. The van der Waals surface area contributed by atoms with Crippen molar-refractivity contribution < 1.29 is 0 Å². The molecule has 1 N–H and O–H groups in total. The molecule has 1 aliphatic carbocycles. The molecular formula is C18H37N. The third-order valence-electron chi connectivity index (χ3n) is 4.92. The molecule has 0 saturated heterocycles. The van der Waals surface area contributed by atoms with E-state index in [1.54, 1.807) is 0 Å². The Labute approximate surface area is 121 Å². The molecule has 0 unspecified atom stereocenters. The monoisotopic (exact) mass is 267 g/mol. The van der Waals surface area contributed by atoms with Crippen molar-refractivity contribution in [2.24, 2.45) is 11.3 Å². The summed E-state index contributed by atoms with van der Waals surface area (Å²) in [4.78, 5) is 0. The van der Waals surface area contributed by atoms with Crippen molar-refractivity contribution in [3.63, 3.8) is 0 Å². The van der Waals surface area contributed by atoms with E-state index in [4.69, 9.17) is 0 Å². The summed E-state index contributed by atoms with van der Waals surface area (Å²) in [6.07, 6.45) is 14.1. The highest BCUT2D eigenvalue weighted by Gasteiger charge is 2.29. The first-order valence-corrected chi connectivity index (χ1v) is 8.77. The maximum Gasteiger partial charge on any atom is 0.00672 e. The molecule has 0 aromatic carbocycles. The van der Waals surface area contributed by atoms with Gasteiger partial charge in [0, 0.05) is 6.04 Å². The lowest BCUT2D eigenvalue weighted by molar-refractivity contribution is 0.160. The van der Waals surface area contributed by atoms with E-state index in [1.165, 1.54) is 70.8 Å². The van der Waals surface area contributed by atoms with Crippen molar-refractivity contribution in [3.05, 3.63) is 0 Å². The minimum atomic E-state index is 0.518. The molecule has 19 heavy (non-hydrogen) atoms. The predicted octanol–water partition coefficient (Wildman–Crippen LogP) is 5.54. The van der Waals surface area contributed by atoms with Gasteiger partial charge in [0.05, 0.1) is 0 Å². The third-order valence-corrected chi connectivity index (χ3v) is 4.92. The summed E-state index contributed by atoms with van der Waals surface area (Å²) in [7, 11) is 0. The van der Waals surface area contributed by atoms with Crippen LogP contribution in [0.2, 0.25) is 0 Å². The molecule has 0 bridgehead atoms. The van der Waals surface area contributed by atoms with E-state index in [0.717, 1.165) is 12.0 Å². The van der Waals surface area contributed by atoms with Crippen LogP contribution in [0.1, 0.15) is 91.9 Å². The second-order valence-electron chi connectivity index (χ2n) is 7.64. The van der Waals surface area contributed by atoms with E-state index in [2.05, 4.69) is 33.0 Å². The number of hydrogen-bond acceptors (Lipinski definition) is 1. The van der Waals surface area contributed by atoms with Gasteiger partial charge >= 0.3 is 0 Å². The number of hydrogen-bond donors (Lipinski definition) is 1. The molecule has 0 aliphatic heterocycles. The van der Waals surface area contributed by atoms with Crippen LogP contribution < -0.4 is 5.32 Å². The lowest BCUT2D eigenvalue weighted by Gasteiger charge is -2.37. The summed E-state index contributed by atoms with van der Waals surface area (Å²) in [5, 5.41) is 3.78.